The second-order valence-electron chi connectivity index (χ2n) is 7.48. The minimum atomic E-state index is -0.673. The van der Waals surface area contributed by atoms with E-state index in [1.165, 1.54) is 0 Å². The number of β-amino-alcohol motifs (C(OH)–C–C–N with tert-alkyl or cyclic N) is 1. The summed E-state index contributed by atoms with van der Waals surface area (Å²) in [6.45, 7) is 11.3. The number of aliphatic hydroxyl groups is 1. The van der Waals surface area contributed by atoms with Crippen LogP contribution < -0.4 is 4.90 Å². The van der Waals surface area contributed by atoms with Crippen molar-refractivity contribution in [1.82, 2.24) is 19.9 Å². The molecule has 3 rings (SSSR count). The number of hydrogen-bond donors (Lipinski definition) is 1. The fraction of sp³-hybridized carbons (Fsp3) is 0.526. The number of pyridine rings is 1. The molecular formula is C19H27N5O. The van der Waals surface area contributed by atoms with Gasteiger partial charge in [0.25, 0.3) is 0 Å². The Kier molecular flexibility index (Phi) is 5.01. The van der Waals surface area contributed by atoms with Gasteiger partial charge < -0.3 is 10.0 Å². The first kappa shape index (κ1) is 17.8. The van der Waals surface area contributed by atoms with Gasteiger partial charge in [-0.2, -0.15) is 0 Å². The molecule has 3 heterocycles. The fourth-order valence-corrected chi connectivity index (χ4v) is 3.26. The molecule has 1 fully saturated rings. The van der Waals surface area contributed by atoms with Crippen molar-refractivity contribution < 1.29 is 5.11 Å². The molecule has 6 heteroatoms. The summed E-state index contributed by atoms with van der Waals surface area (Å²) in [4.78, 5) is 18.3. The van der Waals surface area contributed by atoms with Crippen LogP contribution in [0.15, 0.2) is 30.5 Å². The lowest BCUT2D eigenvalue weighted by Crippen LogP contribution is -2.55. The molecule has 1 unspecified atom stereocenters. The average Bonchev–Trinajstić information content (AvgIpc) is 2.56. The van der Waals surface area contributed by atoms with Gasteiger partial charge in [0.05, 0.1) is 5.60 Å². The minimum absolute atomic E-state index is 0.355. The zero-order chi connectivity index (χ0) is 18.0. The summed E-state index contributed by atoms with van der Waals surface area (Å²) in [6.07, 6.45) is 1.76. The van der Waals surface area contributed by atoms with E-state index in [1.54, 1.807) is 6.20 Å². The van der Waals surface area contributed by atoms with E-state index >= 15 is 0 Å². The van der Waals surface area contributed by atoms with E-state index in [1.807, 2.05) is 45.0 Å². The maximum atomic E-state index is 10.1. The third-order valence-corrected chi connectivity index (χ3v) is 4.41. The number of aromatic nitrogens is 3. The summed E-state index contributed by atoms with van der Waals surface area (Å²) in [5.41, 5.74) is 1.06. The van der Waals surface area contributed by atoms with E-state index < -0.39 is 5.60 Å². The molecule has 1 saturated heterocycles. The zero-order valence-corrected chi connectivity index (χ0v) is 15.5. The molecule has 0 radical (unpaired) electrons. The molecule has 0 aromatic carbocycles. The zero-order valence-electron chi connectivity index (χ0n) is 15.5. The Hall–Kier alpha value is -2.05. The minimum Gasteiger partial charge on any atom is -0.389 e. The molecule has 2 aromatic heterocycles. The summed E-state index contributed by atoms with van der Waals surface area (Å²) >= 11 is 0. The number of anilines is 1. The van der Waals surface area contributed by atoms with Gasteiger partial charge in [0, 0.05) is 50.2 Å². The van der Waals surface area contributed by atoms with Crippen molar-refractivity contribution in [2.75, 3.05) is 31.1 Å². The standard InChI is InChI=1S/C19H27N5O/c1-14-11-17(22-18(21-14)16-7-5-6-8-20-16)23-9-10-24(15(2)12-23)13-19(3,4)25/h5-8,11,15,25H,9-10,12-13H2,1-4H3. The first-order chi connectivity index (χ1) is 11.8. The van der Waals surface area contributed by atoms with Gasteiger partial charge in [-0.3, -0.25) is 9.88 Å². The van der Waals surface area contributed by atoms with Crippen LogP contribution in [0.4, 0.5) is 5.82 Å². The molecule has 1 aliphatic rings. The van der Waals surface area contributed by atoms with E-state index in [0.29, 0.717) is 18.4 Å². The van der Waals surface area contributed by atoms with E-state index in [0.717, 1.165) is 36.8 Å². The Labute approximate surface area is 149 Å². The summed E-state index contributed by atoms with van der Waals surface area (Å²) < 4.78 is 0. The van der Waals surface area contributed by atoms with Gasteiger partial charge >= 0.3 is 0 Å². The van der Waals surface area contributed by atoms with E-state index in [9.17, 15) is 5.11 Å². The van der Waals surface area contributed by atoms with Gasteiger partial charge in [0.2, 0.25) is 0 Å². The molecule has 25 heavy (non-hydrogen) atoms. The van der Waals surface area contributed by atoms with Gasteiger partial charge in [0.1, 0.15) is 11.5 Å². The third kappa shape index (κ3) is 4.52. The predicted octanol–water partition coefficient (Wildman–Crippen LogP) is 2.13. The number of piperazine rings is 1. The average molecular weight is 341 g/mol. The lowest BCUT2D eigenvalue weighted by atomic mass is 10.1. The Balaban J connectivity index is 1.78. The van der Waals surface area contributed by atoms with Crippen molar-refractivity contribution in [3.05, 3.63) is 36.2 Å². The van der Waals surface area contributed by atoms with Crippen molar-refractivity contribution >= 4 is 5.82 Å². The maximum absolute atomic E-state index is 10.1. The van der Waals surface area contributed by atoms with Gasteiger partial charge in [0.15, 0.2) is 5.82 Å². The van der Waals surface area contributed by atoms with Gasteiger partial charge in [-0.15, -0.1) is 0 Å². The number of hydrogen-bond acceptors (Lipinski definition) is 6. The van der Waals surface area contributed by atoms with E-state index in [4.69, 9.17) is 4.98 Å². The Morgan fingerprint density at radius 3 is 2.68 bits per heavy atom. The Bertz CT molecular complexity index is 713. The van der Waals surface area contributed by atoms with Crippen LogP contribution in [-0.4, -0.2) is 62.8 Å². The predicted molar refractivity (Wildman–Crippen MR) is 99.5 cm³/mol. The molecule has 2 aromatic rings. The third-order valence-electron chi connectivity index (χ3n) is 4.41. The molecule has 0 aliphatic carbocycles. The molecule has 1 atom stereocenters. The molecule has 1 aliphatic heterocycles. The first-order valence-corrected chi connectivity index (χ1v) is 8.80. The van der Waals surface area contributed by atoms with Crippen molar-refractivity contribution in [3.63, 3.8) is 0 Å². The SMILES string of the molecule is Cc1cc(N2CCN(CC(C)(C)O)C(C)C2)nc(-c2ccccn2)n1. The quantitative estimate of drug-likeness (QED) is 0.919. The van der Waals surface area contributed by atoms with Crippen LogP contribution in [0.2, 0.25) is 0 Å². The monoisotopic (exact) mass is 341 g/mol. The molecule has 0 bridgehead atoms. The lowest BCUT2D eigenvalue weighted by Gasteiger charge is -2.42. The first-order valence-electron chi connectivity index (χ1n) is 8.80. The molecule has 0 spiro atoms. The highest BCUT2D eigenvalue weighted by atomic mass is 16.3. The molecule has 0 amide bonds. The van der Waals surface area contributed by atoms with Crippen molar-refractivity contribution in [1.29, 1.82) is 0 Å². The highest BCUT2D eigenvalue weighted by molar-refractivity contribution is 5.53. The normalized spacial score (nSPS) is 19.2. The van der Waals surface area contributed by atoms with Gasteiger partial charge in [-0.1, -0.05) is 6.07 Å². The van der Waals surface area contributed by atoms with Crippen molar-refractivity contribution in [3.8, 4) is 11.5 Å². The van der Waals surface area contributed by atoms with Gasteiger partial charge in [-0.25, -0.2) is 9.97 Å². The highest BCUT2D eigenvalue weighted by Gasteiger charge is 2.28. The van der Waals surface area contributed by atoms with Crippen LogP contribution in [0.1, 0.15) is 26.5 Å². The van der Waals surface area contributed by atoms with Gasteiger partial charge in [-0.05, 0) is 39.8 Å². The highest BCUT2D eigenvalue weighted by Crippen LogP contribution is 2.22. The molecule has 0 saturated carbocycles. The van der Waals surface area contributed by atoms with Crippen molar-refractivity contribution in [2.24, 2.45) is 0 Å². The topological polar surface area (TPSA) is 65.4 Å². The lowest BCUT2D eigenvalue weighted by molar-refractivity contribution is 0.0200. The van der Waals surface area contributed by atoms with Crippen molar-refractivity contribution in [2.45, 2.75) is 39.3 Å². The summed E-state index contributed by atoms with van der Waals surface area (Å²) in [7, 11) is 0. The van der Waals surface area contributed by atoms with Crippen LogP contribution in [0.25, 0.3) is 11.5 Å². The molecular weight excluding hydrogens is 314 g/mol. The van der Waals surface area contributed by atoms with Crippen LogP contribution in [0.3, 0.4) is 0 Å². The van der Waals surface area contributed by atoms with E-state index in [-0.39, 0.29) is 0 Å². The molecule has 6 nitrogen and oxygen atoms in total. The summed E-state index contributed by atoms with van der Waals surface area (Å²) in [5, 5.41) is 10.1. The van der Waals surface area contributed by atoms with Crippen LogP contribution >= 0.6 is 0 Å². The van der Waals surface area contributed by atoms with Crippen LogP contribution in [0.5, 0.6) is 0 Å². The fourth-order valence-electron chi connectivity index (χ4n) is 3.26. The molecule has 134 valence electrons. The number of nitrogens with zero attached hydrogens (tertiary/aromatic N) is 5. The summed E-state index contributed by atoms with van der Waals surface area (Å²) in [5.74, 6) is 1.62. The second-order valence-corrected chi connectivity index (χ2v) is 7.48. The Morgan fingerprint density at radius 2 is 2.04 bits per heavy atom. The van der Waals surface area contributed by atoms with Crippen LogP contribution in [-0.2, 0) is 0 Å². The number of aryl methyl sites for hydroxylation is 1. The smallest absolute Gasteiger partial charge is 0.180 e. The van der Waals surface area contributed by atoms with E-state index in [2.05, 4.69) is 26.7 Å². The largest absolute Gasteiger partial charge is 0.389 e. The molecule has 1 N–H and O–H groups in total. The number of rotatable bonds is 4. The maximum Gasteiger partial charge on any atom is 0.180 e. The summed E-state index contributed by atoms with van der Waals surface area (Å²) in [6, 6.07) is 8.16. The Morgan fingerprint density at radius 1 is 1.24 bits per heavy atom. The second kappa shape index (κ2) is 7.06. The van der Waals surface area contributed by atoms with Crippen LogP contribution in [0, 0.1) is 6.92 Å².